The van der Waals surface area contributed by atoms with Crippen LogP contribution in [0.2, 0.25) is 5.02 Å². The normalized spacial score (nSPS) is 17.5. The zero-order chi connectivity index (χ0) is 18.7. The van der Waals surface area contributed by atoms with Crippen molar-refractivity contribution in [1.82, 2.24) is 14.7 Å². The molecule has 6 heteroatoms. The molecule has 0 radical (unpaired) electrons. The van der Waals surface area contributed by atoms with Gasteiger partial charge in [-0.15, -0.1) is 0 Å². The summed E-state index contributed by atoms with van der Waals surface area (Å²) < 4.78 is 7.59. The molecular formula is C20H26ClN3O2. The van der Waals surface area contributed by atoms with Gasteiger partial charge in [0.15, 0.2) is 0 Å². The van der Waals surface area contributed by atoms with Gasteiger partial charge >= 0.3 is 0 Å². The Labute approximate surface area is 159 Å². The molecule has 0 saturated carbocycles. The summed E-state index contributed by atoms with van der Waals surface area (Å²) in [6, 6.07) is 7.56. The van der Waals surface area contributed by atoms with E-state index in [-0.39, 0.29) is 12.0 Å². The van der Waals surface area contributed by atoms with Gasteiger partial charge in [-0.3, -0.25) is 4.79 Å². The quantitative estimate of drug-likeness (QED) is 0.800. The van der Waals surface area contributed by atoms with Gasteiger partial charge in [0, 0.05) is 36.0 Å². The van der Waals surface area contributed by atoms with Crippen LogP contribution in [0.15, 0.2) is 24.3 Å². The Morgan fingerprint density at radius 3 is 2.73 bits per heavy atom. The van der Waals surface area contributed by atoms with E-state index in [0.29, 0.717) is 24.6 Å². The molecular weight excluding hydrogens is 350 g/mol. The summed E-state index contributed by atoms with van der Waals surface area (Å²) in [5, 5.41) is 5.32. The number of ether oxygens (including phenoxy) is 1. The number of carbonyl (C=O) groups is 1. The second-order valence-corrected chi connectivity index (χ2v) is 7.21. The predicted molar refractivity (Wildman–Crippen MR) is 103 cm³/mol. The van der Waals surface area contributed by atoms with E-state index in [2.05, 4.69) is 5.10 Å². The minimum absolute atomic E-state index is 0.149. The van der Waals surface area contributed by atoms with Gasteiger partial charge in [-0.2, -0.15) is 5.10 Å². The fourth-order valence-electron chi connectivity index (χ4n) is 3.56. The van der Waals surface area contributed by atoms with E-state index >= 15 is 0 Å². The van der Waals surface area contributed by atoms with Crippen LogP contribution in [0.1, 0.15) is 36.7 Å². The number of halogens is 1. The Hall–Kier alpha value is -1.85. The molecule has 1 fully saturated rings. The third-order valence-corrected chi connectivity index (χ3v) is 5.23. The number of nitrogens with zero attached hydrogens (tertiary/aromatic N) is 3. The van der Waals surface area contributed by atoms with Gasteiger partial charge in [0.1, 0.15) is 0 Å². The van der Waals surface area contributed by atoms with Crippen LogP contribution in [0.4, 0.5) is 0 Å². The van der Waals surface area contributed by atoms with Gasteiger partial charge in [0.05, 0.1) is 23.9 Å². The van der Waals surface area contributed by atoms with Gasteiger partial charge in [-0.1, -0.05) is 11.6 Å². The van der Waals surface area contributed by atoms with Crippen molar-refractivity contribution in [3.8, 4) is 5.69 Å². The van der Waals surface area contributed by atoms with Gasteiger partial charge in [-0.05, 0) is 57.9 Å². The molecule has 1 unspecified atom stereocenters. The van der Waals surface area contributed by atoms with Crippen LogP contribution in [-0.4, -0.2) is 46.4 Å². The molecule has 1 aliphatic rings. The first-order valence-electron chi connectivity index (χ1n) is 9.20. The van der Waals surface area contributed by atoms with E-state index in [1.54, 1.807) is 0 Å². The van der Waals surface area contributed by atoms with E-state index in [9.17, 15) is 4.79 Å². The van der Waals surface area contributed by atoms with Crippen molar-refractivity contribution in [2.24, 2.45) is 0 Å². The minimum atomic E-state index is 0.149. The molecule has 2 aromatic rings. The minimum Gasteiger partial charge on any atom is -0.377 e. The number of hydrogen-bond donors (Lipinski definition) is 0. The largest absolute Gasteiger partial charge is 0.377 e. The molecule has 1 aromatic carbocycles. The maximum Gasteiger partial charge on any atom is 0.227 e. The summed E-state index contributed by atoms with van der Waals surface area (Å²) in [6.07, 6.45) is 2.57. The zero-order valence-corrected chi connectivity index (χ0v) is 16.4. The van der Waals surface area contributed by atoms with Crippen molar-refractivity contribution >= 4 is 17.5 Å². The highest BCUT2D eigenvalue weighted by molar-refractivity contribution is 6.30. The Morgan fingerprint density at radius 2 is 2.04 bits per heavy atom. The maximum absolute atomic E-state index is 12.8. The lowest BCUT2D eigenvalue weighted by Gasteiger charge is -2.32. The number of aromatic nitrogens is 2. The Kier molecular flexibility index (Phi) is 5.99. The van der Waals surface area contributed by atoms with Crippen LogP contribution in [0.25, 0.3) is 5.69 Å². The third-order valence-electron chi connectivity index (χ3n) is 4.97. The fraction of sp³-hybridized carbons (Fsp3) is 0.500. The first-order valence-corrected chi connectivity index (χ1v) is 9.57. The van der Waals surface area contributed by atoms with Gasteiger partial charge < -0.3 is 9.64 Å². The zero-order valence-electron chi connectivity index (χ0n) is 15.7. The summed E-state index contributed by atoms with van der Waals surface area (Å²) in [5.41, 5.74) is 3.84. The topological polar surface area (TPSA) is 47.4 Å². The molecule has 2 heterocycles. The van der Waals surface area contributed by atoms with E-state index in [0.717, 1.165) is 42.0 Å². The summed E-state index contributed by atoms with van der Waals surface area (Å²) >= 11 is 5.97. The summed E-state index contributed by atoms with van der Waals surface area (Å²) in [7, 11) is 0. The summed E-state index contributed by atoms with van der Waals surface area (Å²) in [6.45, 7) is 8.16. The molecule has 1 saturated heterocycles. The Balaban J connectivity index is 1.75. The summed E-state index contributed by atoms with van der Waals surface area (Å²) in [4.78, 5) is 14.8. The molecule has 1 atom stereocenters. The molecule has 1 aromatic heterocycles. The highest BCUT2D eigenvalue weighted by atomic mass is 35.5. The van der Waals surface area contributed by atoms with Gasteiger partial charge in [0.25, 0.3) is 0 Å². The monoisotopic (exact) mass is 375 g/mol. The van der Waals surface area contributed by atoms with Gasteiger partial charge in [-0.25, -0.2) is 4.68 Å². The van der Waals surface area contributed by atoms with Crippen molar-refractivity contribution in [2.75, 3.05) is 19.7 Å². The lowest BCUT2D eigenvalue weighted by molar-refractivity contribution is -0.134. The van der Waals surface area contributed by atoms with Crippen LogP contribution < -0.4 is 0 Å². The number of aryl methyl sites for hydroxylation is 1. The molecule has 3 rings (SSSR count). The molecule has 0 aliphatic carbocycles. The standard InChI is InChI=1S/C20H26ClN3O2/c1-4-26-18-6-5-11-23(13-18)20(25)12-19-14(2)22-24(15(19)3)17-9-7-16(21)8-10-17/h7-10,18H,4-6,11-13H2,1-3H3. The number of benzene rings is 1. The maximum atomic E-state index is 12.8. The molecule has 0 spiro atoms. The number of carbonyl (C=O) groups excluding carboxylic acids is 1. The molecule has 5 nitrogen and oxygen atoms in total. The predicted octanol–water partition coefficient (Wildman–Crippen LogP) is 3.71. The van der Waals surface area contributed by atoms with Crippen molar-refractivity contribution in [2.45, 2.75) is 46.1 Å². The lowest BCUT2D eigenvalue weighted by Crippen LogP contribution is -2.44. The Morgan fingerprint density at radius 1 is 1.31 bits per heavy atom. The number of hydrogen-bond acceptors (Lipinski definition) is 3. The van der Waals surface area contributed by atoms with E-state index in [4.69, 9.17) is 16.3 Å². The van der Waals surface area contributed by atoms with Crippen LogP contribution in [0.3, 0.4) is 0 Å². The van der Waals surface area contributed by atoms with Crippen molar-refractivity contribution in [3.05, 3.63) is 46.2 Å². The average Bonchev–Trinajstić information content (AvgIpc) is 2.91. The van der Waals surface area contributed by atoms with Crippen LogP contribution in [0, 0.1) is 13.8 Å². The van der Waals surface area contributed by atoms with Crippen molar-refractivity contribution in [1.29, 1.82) is 0 Å². The van der Waals surface area contributed by atoms with Crippen LogP contribution in [-0.2, 0) is 16.0 Å². The number of rotatable bonds is 5. The average molecular weight is 376 g/mol. The van der Waals surface area contributed by atoms with Crippen LogP contribution >= 0.6 is 11.6 Å². The SMILES string of the molecule is CCOC1CCCN(C(=O)Cc2c(C)nn(-c3ccc(Cl)cc3)c2C)C1. The van der Waals surface area contributed by atoms with E-state index < -0.39 is 0 Å². The molecule has 1 amide bonds. The molecule has 140 valence electrons. The van der Waals surface area contributed by atoms with E-state index in [1.807, 2.05) is 54.6 Å². The molecule has 0 bridgehead atoms. The lowest BCUT2D eigenvalue weighted by atomic mass is 10.1. The number of likely N-dealkylation sites (tertiary alicyclic amines) is 1. The first-order chi connectivity index (χ1) is 12.5. The number of amides is 1. The summed E-state index contributed by atoms with van der Waals surface area (Å²) in [5.74, 6) is 0.149. The van der Waals surface area contributed by atoms with Gasteiger partial charge in [0.2, 0.25) is 5.91 Å². The van der Waals surface area contributed by atoms with E-state index in [1.165, 1.54) is 0 Å². The van der Waals surface area contributed by atoms with Crippen molar-refractivity contribution < 1.29 is 9.53 Å². The molecule has 1 aliphatic heterocycles. The fourth-order valence-corrected chi connectivity index (χ4v) is 3.69. The third kappa shape index (κ3) is 4.10. The smallest absolute Gasteiger partial charge is 0.227 e. The molecule has 26 heavy (non-hydrogen) atoms. The second-order valence-electron chi connectivity index (χ2n) is 6.77. The highest BCUT2D eigenvalue weighted by Gasteiger charge is 2.25. The molecule has 0 N–H and O–H groups in total. The highest BCUT2D eigenvalue weighted by Crippen LogP contribution is 2.21. The first kappa shape index (κ1) is 18.9. The van der Waals surface area contributed by atoms with Crippen LogP contribution in [0.5, 0.6) is 0 Å². The second kappa shape index (κ2) is 8.23. The van der Waals surface area contributed by atoms with Crippen molar-refractivity contribution in [3.63, 3.8) is 0 Å². The Bertz CT molecular complexity index is 768. The number of piperidine rings is 1.